The van der Waals surface area contributed by atoms with E-state index in [1.54, 1.807) is 5.38 Å². The van der Waals surface area contributed by atoms with Gasteiger partial charge in [0.05, 0.1) is 7.11 Å². The number of aromatic nitrogens is 1. The lowest BCUT2D eigenvalue weighted by Crippen LogP contribution is -2.21. The fourth-order valence-corrected chi connectivity index (χ4v) is 2.80. The summed E-state index contributed by atoms with van der Waals surface area (Å²) in [5.74, 6) is 0.314. The van der Waals surface area contributed by atoms with Crippen molar-refractivity contribution in [3.63, 3.8) is 0 Å². The number of carbonyl (C=O) groups is 1. The van der Waals surface area contributed by atoms with E-state index in [1.165, 1.54) is 37.7 Å². The zero-order valence-electron chi connectivity index (χ0n) is 9.53. The highest BCUT2D eigenvalue weighted by Gasteiger charge is 2.24. The Labute approximate surface area is 99.0 Å². The van der Waals surface area contributed by atoms with E-state index in [9.17, 15) is 4.79 Å². The summed E-state index contributed by atoms with van der Waals surface area (Å²) in [6.07, 6.45) is 3.73. The van der Waals surface area contributed by atoms with Gasteiger partial charge in [-0.1, -0.05) is 13.3 Å². The Morgan fingerprint density at radius 1 is 1.62 bits per heavy atom. The van der Waals surface area contributed by atoms with Crippen molar-refractivity contribution in [3.05, 3.63) is 11.1 Å². The summed E-state index contributed by atoms with van der Waals surface area (Å²) < 4.78 is 4.62. The molecule has 4 nitrogen and oxygen atoms in total. The molecule has 0 amide bonds. The molecule has 2 unspecified atom stereocenters. The number of methoxy groups -OCH3 is 1. The Morgan fingerprint density at radius 3 is 3.06 bits per heavy atom. The van der Waals surface area contributed by atoms with Crippen LogP contribution >= 0.6 is 11.3 Å². The Bertz CT molecular complexity index is 378. The Morgan fingerprint density at radius 2 is 2.44 bits per heavy atom. The number of nitrogens with zero attached hydrogens (tertiary/aromatic N) is 1. The monoisotopic (exact) mass is 240 g/mol. The molecule has 1 N–H and O–H groups in total. The fourth-order valence-electron chi connectivity index (χ4n) is 2.06. The minimum atomic E-state index is -0.372. The molecule has 2 rings (SSSR count). The first kappa shape index (κ1) is 11.4. The molecule has 0 radical (unpaired) electrons. The molecule has 0 saturated heterocycles. The second-order valence-electron chi connectivity index (χ2n) is 4.19. The third kappa shape index (κ3) is 2.35. The normalized spacial score (nSPS) is 24.4. The molecule has 88 valence electrons. The van der Waals surface area contributed by atoms with Gasteiger partial charge in [0.2, 0.25) is 0 Å². The molecule has 5 heteroatoms. The minimum Gasteiger partial charge on any atom is -0.464 e. The number of carbonyl (C=O) groups excluding carboxylic acids is 1. The van der Waals surface area contributed by atoms with Gasteiger partial charge >= 0.3 is 5.97 Å². The van der Waals surface area contributed by atoms with Crippen molar-refractivity contribution in [2.45, 2.75) is 32.2 Å². The first-order chi connectivity index (χ1) is 7.70. The van der Waals surface area contributed by atoms with Crippen LogP contribution in [0.1, 0.15) is 36.7 Å². The third-order valence-corrected chi connectivity index (χ3v) is 3.84. The van der Waals surface area contributed by atoms with Gasteiger partial charge in [0.25, 0.3) is 0 Å². The van der Waals surface area contributed by atoms with Crippen LogP contribution in [-0.4, -0.2) is 24.1 Å². The van der Waals surface area contributed by atoms with Crippen molar-refractivity contribution in [2.24, 2.45) is 5.92 Å². The van der Waals surface area contributed by atoms with Gasteiger partial charge in [-0.3, -0.25) is 0 Å². The van der Waals surface area contributed by atoms with E-state index in [0.717, 1.165) is 5.13 Å². The standard InChI is InChI=1S/C11H16N2O2S/c1-7-4-3-5-8(7)12-11-13-9(6-16-11)10(14)15-2/h6-8H,3-5H2,1-2H3,(H,12,13). The summed E-state index contributed by atoms with van der Waals surface area (Å²) in [7, 11) is 1.37. The number of rotatable bonds is 3. The smallest absolute Gasteiger partial charge is 0.357 e. The molecule has 1 fully saturated rings. The molecular formula is C11H16N2O2S. The van der Waals surface area contributed by atoms with E-state index < -0.39 is 0 Å². The van der Waals surface area contributed by atoms with Crippen molar-refractivity contribution < 1.29 is 9.53 Å². The van der Waals surface area contributed by atoms with Gasteiger partial charge in [-0.15, -0.1) is 11.3 Å². The summed E-state index contributed by atoms with van der Waals surface area (Å²) in [5.41, 5.74) is 0.389. The third-order valence-electron chi connectivity index (χ3n) is 3.07. The second kappa shape index (κ2) is 4.82. The van der Waals surface area contributed by atoms with Gasteiger partial charge in [-0.05, 0) is 18.8 Å². The lowest BCUT2D eigenvalue weighted by Gasteiger charge is -2.15. The molecule has 2 atom stereocenters. The van der Waals surface area contributed by atoms with Crippen LogP contribution in [0.25, 0.3) is 0 Å². The van der Waals surface area contributed by atoms with E-state index in [4.69, 9.17) is 0 Å². The molecular weight excluding hydrogens is 224 g/mol. The highest BCUT2D eigenvalue weighted by molar-refractivity contribution is 7.13. The number of anilines is 1. The summed E-state index contributed by atoms with van der Waals surface area (Å²) in [6.45, 7) is 2.25. The predicted molar refractivity (Wildman–Crippen MR) is 63.9 cm³/mol. The average molecular weight is 240 g/mol. The molecule has 0 spiro atoms. The van der Waals surface area contributed by atoms with Gasteiger partial charge in [-0.25, -0.2) is 9.78 Å². The lowest BCUT2D eigenvalue weighted by atomic mass is 10.1. The van der Waals surface area contributed by atoms with Crippen LogP contribution in [-0.2, 0) is 4.74 Å². The van der Waals surface area contributed by atoms with Crippen molar-refractivity contribution in [1.82, 2.24) is 4.98 Å². The maximum atomic E-state index is 11.2. The number of hydrogen-bond acceptors (Lipinski definition) is 5. The maximum Gasteiger partial charge on any atom is 0.357 e. The van der Waals surface area contributed by atoms with Crippen molar-refractivity contribution >= 4 is 22.4 Å². The molecule has 16 heavy (non-hydrogen) atoms. The Hall–Kier alpha value is -1.10. The zero-order valence-corrected chi connectivity index (χ0v) is 10.3. The first-order valence-electron chi connectivity index (χ1n) is 5.51. The number of esters is 1. The maximum absolute atomic E-state index is 11.2. The average Bonchev–Trinajstić information content (AvgIpc) is 2.89. The lowest BCUT2D eigenvalue weighted by molar-refractivity contribution is 0.0595. The van der Waals surface area contributed by atoms with Gasteiger partial charge in [-0.2, -0.15) is 0 Å². The molecule has 0 aromatic carbocycles. The van der Waals surface area contributed by atoms with Crippen molar-refractivity contribution in [1.29, 1.82) is 0 Å². The van der Waals surface area contributed by atoms with Crippen molar-refractivity contribution in [2.75, 3.05) is 12.4 Å². The molecule has 1 aliphatic carbocycles. The molecule has 1 aromatic heterocycles. The molecule has 0 aliphatic heterocycles. The van der Waals surface area contributed by atoms with Crippen LogP contribution in [0.3, 0.4) is 0 Å². The zero-order chi connectivity index (χ0) is 11.5. The van der Waals surface area contributed by atoms with Crippen LogP contribution in [0.15, 0.2) is 5.38 Å². The quantitative estimate of drug-likeness (QED) is 0.825. The van der Waals surface area contributed by atoms with Crippen LogP contribution in [0.4, 0.5) is 5.13 Å². The number of hydrogen-bond donors (Lipinski definition) is 1. The molecule has 1 aliphatic rings. The van der Waals surface area contributed by atoms with E-state index in [-0.39, 0.29) is 5.97 Å². The van der Waals surface area contributed by atoms with Gasteiger partial charge in [0, 0.05) is 11.4 Å². The van der Waals surface area contributed by atoms with E-state index in [0.29, 0.717) is 17.7 Å². The number of thiazole rings is 1. The Balaban J connectivity index is 1.99. The number of nitrogens with one attached hydrogen (secondary N) is 1. The minimum absolute atomic E-state index is 0.372. The highest BCUT2D eigenvalue weighted by Crippen LogP contribution is 2.29. The van der Waals surface area contributed by atoms with Crippen LogP contribution in [0.5, 0.6) is 0 Å². The molecule has 1 saturated carbocycles. The van der Waals surface area contributed by atoms with E-state index in [2.05, 4.69) is 22.0 Å². The van der Waals surface area contributed by atoms with Gasteiger partial charge < -0.3 is 10.1 Å². The fraction of sp³-hybridized carbons (Fsp3) is 0.636. The van der Waals surface area contributed by atoms with Crippen LogP contribution in [0, 0.1) is 5.92 Å². The second-order valence-corrected chi connectivity index (χ2v) is 5.05. The molecule has 1 aromatic rings. The first-order valence-corrected chi connectivity index (χ1v) is 6.39. The highest BCUT2D eigenvalue weighted by atomic mass is 32.1. The summed E-state index contributed by atoms with van der Waals surface area (Å²) in [6, 6.07) is 0.497. The van der Waals surface area contributed by atoms with E-state index in [1.807, 2.05) is 0 Å². The molecule has 0 bridgehead atoms. The van der Waals surface area contributed by atoms with Crippen molar-refractivity contribution in [3.8, 4) is 0 Å². The molecule has 1 heterocycles. The van der Waals surface area contributed by atoms with E-state index >= 15 is 0 Å². The van der Waals surface area contributed by atoms with Crippen LogP contribution in [0.2, 0.25) is 0 Å². The van der Waals surface area contributed by atoms with Gasteiger partial charge in [0.15, 0.2) is 10.8 Å². The van der Waals surface area contributed by atoms with Crippen LogP contribution < -0.4 is 5.32 Å². The number of ether oxygens (including phenoxy) is 1. The summed E-state index contributed by atoms with van der Waals surface area (Å²) in [4.78, 5) is 15.4. The summed E-state index contributed by atoms with van der Waals surface area (Å²) in [5, 5.41) is 5.94. The SMILES string of the molecule is COC(=O)c1csc(NC2CCCC2C)n1. The Kier molecular flexibility index (Phi) is 3.43. The largest absolute Gasteiger partial charge is 0.464 e. The summed E-state index contributed by atoms with van der Waals surface area (Å²) >= 11 is 1.46. The topological polar surface area (TPSA) is 51.2 Å². The predicted octanol–water partition coefficient (Wildman–Crippen LogP) is 2.53. The van der Waals surface area contributed by atoms with Gasteiger partial charge in [0.1, 0.15) is 0 Å².